The summed E-state index contributed by atoms with van der Waals surface area (Å²) in [4.78, 5) is 15.0. The van der Waals surface area contributed by atoms with Crippen molar-refractivity contribution in [2.45, 2.75) is 32.2 Å². The Hall–Kier alpha value is -3.15. The molecule has 162 valence electrons. The van der Waals surface area contributed by atoms with E-state index in [1.54, 1.807) is 38.3 Å². The van der Waals surface area contributed by atoms with Crippen molar-refractivity contribution in [1.29, 1.82) is 0 Å². The summed E-state index contributed by atoms with van der Waals surface area (Å²) in [6, 6.07) is 26.1. The van der Waals surface area contributed by atoms with E-state index in [4.69, 9.17) is 9.47 Å². The number of hydrogen-bond donors (Lipinski definition) is 1. The molecule has 5 heteroatoms. The van der Waals surface area contributed by atoms with Crippen LogP contribution in [-0.2, 0) is 22.6 Å². The standard InChI is InChI=1S/C26H29NO4/c1-3-31-26(29)24(25(28)22-14-16-23(30-2)17-15-22)27(18-20-10-6-4-7-11-20)19-21-12-8-5-9-13-21/h4-17,24-25,28H,3,18-19H2,1-2H3/t24-,25+/m0/s1. The maximum absolute atomic E-state index is 13.1. The smallest absolute Gasteiger partial charge is 0.326 e. The lowest BCUT2D eigenvalue weighted by Gasteiger charge is -2.33. The molecule has 1 N–H and O–H groups in total. The molecular formula is C26H29NO4. The second-order valence-corrected chi connectivity index (χ2v) is 7.29. The van der Waals surface area contributed by atoms with Gasteiger partial charge in [0.15, 0.2) is 0 Å². The van der Waals surface area contributed by atoms with Gasteiger partial charge in [-0.2, -0.15) is 0 Å². The summed E-state index contributed by atoms with van der Waals surface area (Å²) in [6.07, 6.45) is -1.06. The highest BCUT2D eigenvalue weighted by atomic mass is 16.5. The Morgan fingerprint density at radius 2 is 1.39 bits per heavy atom. The van der Waals surface area contributed by atoms with E-state index in [1.165, 1.54) is 0 Å². The minimum Gasteiger partial charge on any atom is -0.497 e. The van der Waals surface area contributed by atoms with E-state index >= 15 is 0 Å². The van der Waals surface area contributed by atoms with Gasteiger partial charge in [-0.1, -0.05) is 72.8 Å². The zero-order valence-corrected chi connectivity index (χ0v) is 18.0. The van der Waals surface area contributed by atoms with Gasteiger partial charge in [0.1, 0.15) is 17.9 Å². The molecule has 0 amide bonds. The van der Waals surface area contributed by atoms with Crippen molar-refractivity contribution in [2.24, 2.45) is 0 Å². The molecule has 2 atom stereocenters. The number of carbonyl (C=O) groups is 1. The molecule has 0 aromatic heterocycles. The average Bonchev–Trinajstić information content (AvgIpc) is 2.80. The summed E-state index contributed by atoms with van der Waals surface area (Å²) in [6.45, 7) is 3.00. The zero-order valence-electron chi connectivity index (χ0n) is 18.0. The van der Waals surface area contributed by atoms with E-state index in [-0.39, 0.29) is 6.61 Å². The number of esters is 1. The highest BCUT2D eigenvalue weighted by Gasteiger charge is 2.35. The summed E-state index contributed by atoms with van der Waals surface area (Å²) in [5, 5.41) is 11.3. The molecule has 3 aromatic rings. The quantitative estimate of drug-likeness (QED) is 0.495. The van der Waals surface area contributed by atoms with E-state index < -0.39 is 18.1 Å². The number of methoxy groups -OCH3 is 1. The van der Waals surface area contributed by atoms with Gasteiger partial charge in [0, 0.05) is 13.1 Å². The van der Waals surface area contributed by atoms with Crippen LogP contribution in [0.3, 0.4) is 0 Å². The van der Waals surface area contributed by atoms with Gasteiger partial charge < -0.3 is 14.6 Å². The summed E-state index contributed by atoms with van der Waals surface area (Å²) in [5.41, 5.74) is 2.73. The molecule has 0 bridgehead atoms. The maximum atomic E-state index is 13.1. The van der Waals surface area contributed by atoms with E-state index in [0.717, 1.165) is 11.1 Å². The highest BCUT2D eigenvalue weighted by molar-refractivity contribution is 5.77. The Balaban J connectivity index is 1.97. The first-order valence-electron chi connectivity index (χ1n) is 10.4. The van der Waals surface area contributed by atoms with Crippen LogP contribution in [0.4, 0.5) is 0 Å². The number of carbonyl (C=O) groups excluding carboxylic acids is 1. The van der Waals surface area contributed by atoms with E-state index in [9.17, 15) is 9.90 Å². The molecule has 0 fully saturated rings. The minimum atomic E-state index is -1.06. The third-order valence-electron chi connectivity index (χ3n) is 5.13. The molecule has 0 heterocycles. The van der Waals surface area contributed by atoms with E-state index in [2.05, 4.69) is 0 Å². The first-order valence-corrected chi connectivity index (χ1v) is 10.4. The number of nitrogens with zero attached hydrogens (tertiary/aromatic N) is 1. The lowest BCUT2D eigenvalue weighted by molar-refractivity contribution is -0.155. The van der Waals surface area contributed by atoms with Crippen molar-refractivity contribution in [1.82, 2.24) is 4.90 Å². The second kappa shape index (κ2) is 11.3. The highest BCUT2D eigenvalue weighted by Crippen LogP contribution is 2.27. The molecule has 0 saturated carbocycles. The van der Waals surface area contributed by atoms with Crippen molar-refractivity contribution in [2.75, 3.05) is 13.7 Å². The van der Waals surface area contributed by atoms with Crippen LogP contribution in [0, 0.1) is 0 Å². The lowest BCUT2D eigenvalue weighted by atomic mass is 9.99. The van der Waals surface area contributed by atoms with Crippen LogP contribution in [0.5, 0.6) is 5.75 Å². The molecule has 0 aliphatic carbocycles. The van der Waals surface area contributed by atoms with Crippen molar-refractivity contribution in [3.05, 3.63) is 102 Å². The fourth-order valence-corrected chi connectivity index (χ4v) is 3.58. The monoisotopic (exact) mass is 419 g/mol. The average molecular weight is 420 g/mol. The van der Waals surface area contributed by atoms with Gasteiger partial charge in [0.2, 0.25) is 0 Å². The van der Waals surface area contributed by atoms with Gasteiger partial charge in [-0.25, -0.2) is 0 Å². The van der Waals surface area contributed by atoms with Crippen LogP contribution in [0.25, 0.3) is 0 Å². The molecular weight excluding hydrogens is 390 g/mol. The first kappa shape index (κ1) is 22.5. The van der Waals surface area contributed by atoms with Crippen LogP contribution < -0.4 is 4.74 Å². The van der Waals surface area contributed by atoms with Gasteiger partial charge in [0.05, 0.1) is 13.7 Å². The molecule has 3 aromatic carbocycles. The SMILES string of the molecule is CCOC(=O)[C@H]([C@H](O)c1ccc(OC)cc1)N(Cc1ccccc1)Cc1ccccc1. The molecule has 3 rings (SSSR count). The Kier molecular flexibility index (Phi) is 8.21. The molecule has 0 spiro atoms. The van der Waals surface area contributed by atoms with Gasteiger partial charge >= 0.3 is 5.97 Å². The molecule has 0 radical (unpaired) electrons. The van der Waals surface area contributed by atoms with Crippen molar-refractivity contribution < 1.29 is 19.4 Å². The predicted octanol–water partition coefficient (Wildman–Crippen LogP) is 4.36. The number of rotatable bonds is 10. The number of ether oxygens (including phenoxy) is 2. The van der Waals surface area contributed by atoms with Crippen LogP contribution in [0.1, 0.15) is 29.7 Å². The summed E-state index contributed by atoms with van der Waals surface area (Å²) < 4.78 is 10.6. The van der Waals surface area contributed by atoms with Crippen molar-refractivity contribution in [3.63, 3.8) is 0 Å². The minimum absolute atomic E-state index is 0.245. The third-order valence-corrected chi connectivity index (χ3v) is 5.13. The zero-order chi connectivity index (χ0) is 22.1. The van der Waals surface area contributed by atoms with Gasteiger partial charge in [-0.05, 0) is 35.7 Å². The first-order chi connectivity index (χ1) is 15.1. The van der Waals surface area contributed by atoms with Crippen molar-refractivity contribution in [3.8, 4) is 5.75 Å². The van der Waals surface area contributed by atoms with Crippen LogP contribution >= 0.6 is 0 Å². The van der Waals surface area contributed by atoms with E-state index in [0.29, 0.717) is 24.4 Å². The Morgan fingerprint density at radius 1 is 0.871 bits per heavy atom. The molecule has 5 nitrogen and oxygen atoms in total. The van der Waals surface area contributed by atoms with Gasteiger partial charge in [0.25, 0.3) is 0 Å². The maximum Gasteiger partial charge on any atom is 0.326 e. The molecule has 0 aliphatic heterocycles. The Bertz CT molecular complexity index is 887. The number of aliphatic hydroxyl groups is 1. The number of hydrogen-bond acceptors (Lipinski definition) is 5. The van der Waals surface area contributed by atoms with Crippen LogP contribution in [0.2, 0.25) is 0 Å². The van der Waals surface area contributed by atoms with Crippen molar-refractivity contribution >= 4 is 5.97 Å². The second-order valence-electron chi connectivity index (χ2n) is 7.29. The summed E-state index contributed by atoms with van der Waals surface area (Å²) in [7, 11) is 1.59. The number of benzene rings is 3. The summed E-state index contributed by atoms with van der Waals surface area (Å²) in [5.74, 6) is 0.242. The van der Waals surface area contributed by atoms with Crippen LogP contribution in [0.15, 0.2) is 84.9 Å². The molecule has 0 saturated heterocycles. The van der Waals surface area contributed by atoms with Crippen LogP contribution in [-0.4, -0.2) is 35.7 Å². The predicted molar refractivity (Wildman–Crippen MR) is 121 cm³/mol. The molecule has 31 heavy (non-hydrogen) atoms. The fraction of sp³-hybridized carbons (Fsp3) is 0.269. The fourth-order valence-electron chi connectivity index (χ4n) is 3.58. The summed E-state index contributed by atoms with van der Waals surface area (Å²) >= 11 is 0. The largest absolute Gasteiger partial charge is 0.497 e. The Labute approximate surface area is 183 Å². The normalized spacial score (nSPS) is 12.9. The van der Waals surface area contributed by atoms with Gasteiger partial charge in [-0.3, -0.25) is 9.69 Å². The Morgan fingerprint density at radius 3 is 1.84 bits per heavy atom. The number of aliphatic hydroxyl groups excluding tert-OH is 1. The molecule has 0 unspecified atom stereocenters. The molecule has 0 aliphatic rings. The van der Waals surface area contributed by atoms with Gasteiger partial charge in [-0.15, -0.1) is 0 Å². The van der Waals surface area contributed by atoms with E-state index in [1.807, 2.05) is 65.6 Å². The third kappa shape index (κ3) is 6.17. The lowest BCUT2D eigenvalue weighted by Crippen LogP contribution is -2.45. The topological polar surface area (TPSA) is 59.0 Å².